The van der Waals surface area contributed by atoms with Crippen molar-refractivity contribution in [3.63, 3.8) is 0 Å². The molecule has 0 saturated heterocycles. The number of carboxylic acids is 1. The topological polar surface area (TPSA) is 92.4 Å². The van der Waals surface area contributed by atoms with E-state index in [0.717, 1.165) is 0 Å². The van der Waals surface area contributed by atoms with Crippen molar-refractivity contribution in [2.24, 2.45) is 11.8 Å². The Labute approximate surface area is 85.2 Å². The van der Waals surface area contributed by atoms with Crippen LogP contribution in [0.25, 0.3) is 0 Å². The number of rotatable bonds is 3. The van der Waals surface area contributed by atoms with Gasteiger partial charge in [-0.15, -0.1) is 0 Å². The number of amides is 1. The van der Waals surface area contributed by atoms with Gasteiger partial charge in [-0.25, -0.2) is 0 Å². The van der Waals surface area contributed by atoms with Crippen molar-refractivity contribution in [1.82, 2.24) is 5.16 Å². The van der Waals surface area contributed by atoms with Crippen molar-refractivity contribution in [2.45, 2.75) is 13.3 Å². The summed E-state index contributed by atoms with van der Waals surface area (Å²) in [6.07, 6.45) is 0.397. The number of aryl methyl sites for hydroxylation is 1. The molecule has 0 aliphatic heterocycles. The Hall–Kier alpha value is -1.85. The fraction of sp³-hybridized carbons (Fsp3) is 0.444. The summed E-state index contributed by atoms with van der Waals surface area (Å²) in [4.78, 5) is 22.0. The van der Waals surface area contributed by atoms with Gasteiger partial charge in [-0.2, -0.15) is 0 Å². The van der Waals surface area contributed by atoms with Gasteiger partial charge >= 0.3 is 5.97 Å². The number of hydrogen-bond acceptors (Lipinski definition) is 4. The van der Waals surface area contributed by atoms with Gasteiger partial charge in [0.25, 0.3) is 0 Å². The van der Waals surface area contributed by atoms with E-state index >= 15 is 0 Å². The van der Waals surface area contributed by atoms with Gasteiger partial charge in [0.05, 0.1) is 17.5 Å². The van der Waals surface area contributed by atoms with Crippen LogP contribution < -0.4 is 5.32 Å². The first kappa shape index (κ1) is 9.70. The van der Waals surface area contributed by atoms with Crippen LogP contribution in [0.15, 0.2) is 10.6 Å². The fourth-order valence-electron chi connectivity index (χ4n) is 1.39. The van der Waals surface area contributed by atoms with Crippen LogP contribution in [0, 0.1) is 18.8 Å². The van der Waals surface area contributed by atoms with Gasteiger partial charge in [-0.05, 0) is 13.3 Å². The standard InChI is InChI=1S/C9H10N2O4/c1-4-2-7(15-11-4)10-8(12)5-3-6(5)9(13)14/h2,5-6H,3H2,1H3,(H,10,12)(H,13,14). The summed E-state index contributed by atoms with van der Waals surface area (Å²) in [7, 11) is 0. The summed E-state index contributed by atoms with van der Waals surface area (Å²) in [5, 5.41) is 14.7. The molecule has 1 amide bonds. The van der Waals surface area contributed by atoms with E-state index in [1.54, 1.807) is 13.0 Å². The lowest BCUT2D eigenvalue weighted by atomic mass is 10.3. The summed E-state index contributed by atoms with van der Waals surface area (Å²) in [5.74, 6) is -1.97. The van der Waals surface area contributed by atoms with E-state index in [1.807, 2.05) is 0 Å². The molecule has 1 fully saturated rings. The molecular weight excluding hydrogens is 200 g/mol. The number of hydrogen-bond donors (Lipinski definition) is 2. The first-order valence-electron chi connectivity index (χ1n) is 4.55. The zero-order chi connectivity index (χ0) is 11.0. The smallest absolute Gasteiger partial charge is 0.307 e. The van der Waals surface area contributed by atoms with E-state index in [2.05, 4.69) is 10.5 Å². The zero-order valence-corrected chi connectivity index (χ0v) is 8.06. The van der Waals surface area contributed by atoms with Crippen LogP contribution in [-0.4, -0.2) is 22.1 Å². The molecule has 2 atom stereocenters. The van der Waals surface area contributed by atoms with Gasteiger partial charge in [-0.3, -0.25) is 14.9 Å². The van der Waals surface area contributed by atoms with E-state index in [0.29, 0.717) is 12.1 Å². The maximum absolute atomic E-state index is 11.4. The molecular formula is C9H10N2O4. The summed E-state index contributed by atoms with van der Waals surface area (Å²) < 4.78 is 4.78. The van der Waals surface area contributed by atoms with E-state index in [-0.39, 0.29) is 11.8 Å². The van der Waals surface area contributed by atoms with Crippen molar-refractivity contribution < 1.29 is 19.2 Å². The molecule has 1 aliphatic carbocycles. The highest BCUT2D eigenvalue weighted by atomic mass is 16.5. The largest absolute Gasteiger partial charge is 0.481 e. The molecule has 1 aromatic heterocycles. The second-order valence-electron chi connectivity index (χ2n) is 3.61. The lowest BCUT2D eigenvalue weighted by Gasteiger charge is -1.97. The predicted octanol–water partition coefficient (Wildman–Crippen LogP) is 0.642. The lowest BCUT2D eigenvalue weighted by molar-refractivity contribution is -0.139. The molecule has 6 heteroatoms. The van der Waals surface area contributed by atoms with Gasteiger partial charge in [-0.1, -0.05) is 5.16 Å². The normalized spacial score (nSPS) is 23.5. The number of aromatic nitrogens is 1. The number of anilines is 1. The minimum atomic E-state index is -0.927. The summed E-state index contributed by atoms with van der Waals surface area (Å²) >= 11 is 0. The molecule has 2 rings (SSSR count). The molecule has 2 unspecified atom stereocenters. The second kappa shape index (κ2) is 3.38. The minimum absolute atomic E-state index is 0.258. The van der Waals surface area contributed by atoms with E-state index in [4.69, 9.17) is 9.63 Å². The van der Waals surface area contributed by atoms with Crippen molar-refractivity contribution in [3.05, 3.63) is 11.8 Å². The van der Waals surface area contributed by atoms with Gasteiger partial charge in [0, 0.05) is 6.07 Å². The van der Waals surface area contributed by atoms with Crippen molar-refractivity contribution >= 4 is 17.8 Å². The third-order valence-electron chi connectivity index (χ3n) is 2.32. The minimum Gasteiger partial charge on any atom is -0.481 e. The number of nitrogens with one attached hydrogen (secondary N) is 1. The molecule has 1 heterocycles. The van der Waals surface area contributed by atoms with Crippen molar-refractivity contribution in [2.75, 3.05) is 5.32 Å². The lowest BCUT2D eigenvalue weighted by Crippen LogP contribution is -2.16. The first-order valence-corrected chi connectivity index (χ1v) is 4.55. The van der Waals surface area contributed by atoms with Crippen LogP contribution in [0.3, 0.4) is 0 Å². The SMILES string of the molecule is Cc1cc(NC(=O)C2CC2C(=O)O)on1. The van der Waals surface area contributed by atoms with Crippen LogP contribution in [0.5, 0.6) is 0 Å². The predicted molar refractivity (Wildman–Crippen MR) is 49.1 cm³/mol. The average molecular weight is 210 g/mol. The number of carbonyl (C=O) groups is 2. The average Bonchev–Trinajstić information content (AvgIpc) is 2.86. The molecule has 0 bridgehead atoms. The highest BCUT2D eigenvalue weighted by molar-refractivity contribution is 5.97. The van der Waals surface area contributed by atoms with Gasteiger partial charge in [0.15, 0.2) is 0 Å². The summed E-state index contributed by atoms with van der Waals surface area (Å²) in [5.41, 5.74) is 0.663. The molecule has 1 aromatic rings. The molecule has 0 aromatic carbocycles. The van der Waals surface area contributed by atoms with Crippen LogP contribution in [0.2, 0.25) is 0 Å². The van der Waals surface area contributed by atoms with Crippen LogP contribution in [0.1, 0.15) is 12.1 Å². The van der Waals surface area contributed by atoms with Crippen molar-refractivity contribution in [3.8, 4) is 0 Å². The Morgan fingerprint density at radius 3 is 2.80 bits per heavy atom. The van der Waals surface area contributed by atoms with E-state index in [9.17, 15) is 9.59 Å². The zero-order valence-electron chi connectivity index (χ0n) is 8.06. The number of carbonyl (C=O) groups excluding carboxylic acids is 1. The molecule has 6 nitrogen and oxygen atoms in total. The monoisotopic (exact) mass is 210 g/mol. The number of carboxylic acid groups (broad SMARTS) is 1. The Bertz CT molecular complexity index is 412. The number of aliphatic carboxylic acids is 1. The Morgan fingerprint density at radius 2 is 2.33 bits per heavy atom. The highest BCUT2D eigenvalue weighted by Gasteiger charge is 2.48. The summed E-state index contributed by atoms with van der Waals surface area (Å²) in [6.45, 7) is 1.73. The second-order valence-corrected chi connectivity index (χ2v) is 3.61. The Morgan fingerprint density at radius 1 is 1.60 bits per heavy atom. The molecule has 80 valence electrons. The van der Waals surface area contributed by atoms with Gasteiger partial charge in [0.2, 0.25) is 11.8 Å². The number of nitrogens with zero attached hydrogens (tertiary/aromatic N) is 1. The fourth-order valence-corrected chi connectivity index (χ4v) is 1.39. The molecule has 15 heavy (non-hydrogen) atoms. The Balaban J connectivity index is 1.92. The maximum Gasteiger partial charge on any atom is 0.307 e. The summed E-state index contributed by atoms with van der Waals surface area (Å²) in [6, 6.07) is 1.58. The molecule has 1 aliphatic rings. The Kier molecular flexibility index (Phi) is 2.18. The molecule has 2 N–H and O–H groups in total. The third kappa shape index (κ3) is 1.98. The first-order chi connectivity index (χ1) is 7.08. The van der Waals surface area contributed by atoms with Gasteiger partial charge < -0.3 is 9.63 Å². The molecule has 1 saturated carbocycles. The third-order valence-corrected chi connectivity index (χ3v) is 2.32. The van der Waals surface area contributed by atoms with Gasteiger partial charge in [0.1, 0.15) is 0 Å². The van der Waals surface area contributed by atoms with E-state index < -0.39 is 17.8 Å². The maximum atomic E-state index is 11.4. The molecule has 0 radical (unpaired) electrons. The highest BCUT2D eigenvalue weighted by Crippen LogP contribution is 2.39. The van der Waals surface area contributed by atoms with Crippen LogP contribution in [0.4, 0.5) is 5.88 Å². The van der Waals surface area contributed by atoms with E-state index in [1.165, 1.54) is 0 Å². The quantitative estimate of drug-likeness (QED) is 0.763. The van der Waals surface area contributed by atoms with Crippen LogP contribution >= 0.6 is 0 Å². The van der Waals surface area contributed by atoms with Crippen LogP contribution in [-0.2, 0) is 9.59 Å². The van der Waals surface area contributed by atoms with Crippen molar-refractivity contribution in [1.29, 1.82) is 0 Å². The molecule has 0 spiro atoms.